The maximum absolute atomic E-state index is 13.1. The quantitative estimate of drug-likeness (QED) is 0.546. The van der Waals surface area contributed by atoms with Crippen LogP contribution in [0.3, 0.4) is 0 Å². The molecule has 214 valence electrons. The first-order valence-corrected chi connectivity index (χ1v) is 14.5. The van der Waals surface area contributed by atoms with E-state index in [4.69, 9.17) is 0 Å². The molecule has 0 radical (unpaired) electrons. The van der Waals surface area contributed by atoms with Gasteiger partial charge in [-0.05, 0) is 61.6 Å². The number of sulfonamides is 1. The van der Waals surface area contributed by atoms with Crippen LogP contribution < -0.4 is 10.2 Å². The van der Waals surface area contributed by atoms with E-state index in [9.17, 15) is 36.3 Å². The number of nitrogens with one attached hydrogen (secondary N) is 1. The lowest BCUT2D eigenvalue weighted by atomic mass is 9.89. The Labute approximate surface area is 229 Å². The lowest BCUT2D eigenvalue weighted by Crippen LogP contribution is -2.50. The molecule has 3 aliphatic rings. The Bertz CT molecular complexity index is 1480. The Morgan fingerprint density at radius 2 is 1.85 bits per heavy atom. The van der Waals surface area contributed by atoms with E-state index in [0.717, 1.165) is 23.3 Å². The Morgan fingerprint density at radius 1 is 1.12 bits per heavy atom. The molecular weight excluding hydrogens is 549 g/mol. The average Bonchev–Trinajstić information content (AvgIpc) is 3.40. The second-order valence-corrected chi connectivity index (χ2v) is 12.6. The number of anilines is 1. The molecule has 0 aliphatic carbocycles. The number of β-amino-alcohol motifs (C(OH)–C–C–N with tert-alkyl or cyclic N) is 1. The van der Waals surface area contributed by atoms with E-state index >= 15 is 0 Å². The average molecular weight is 579 g/mol. The SMILES string of the molecule is Cc1cc(N2CC(O)CC2=O)ccc1CCS(=O)(=O)N1CCC2(CC1)N=C(c1cccc(C(F)(F)F)c1)NC2=O. The number of aliphatic imine (C=N–C) groups is 1. The molecule has 9 nitrogen and oxygen atoms in total. The van der Waals surface area contributed by atoms with E-state index in [0.29, 0.717) is 5.69 Å². The lowest BCUT2D eigenvalue weighted by Gasteiger charge is -2.34. The number of benzene rings is 2. The smallest absolute Gasteiger partial charge is 0.391 e. The lowest BCUT2D eigenvalue weighted by molar-refractivity contribution is -0.137. The van der Waals surface area contributed by atoms with Gasteiger partial charge in [0.15, 0.2) is 0 Å². The summed E-state index contributed by atoms with van der Waals surface area (Å²) in [6.07, 6.45) is -4.67. The van der Waals surface area contributed by atoms with Crippen molar-refractivity contribution in [2.24, 2.45) is 4.99 Å². The van der Waals surface area contributed by atoms with Gasteiger partial charge >= 0.3 is 6.18 Å². The third-order valence-corrected chi connectivity index (χ3v) is 9.63. The number of aryl methyl sites for hydroxylation is 2. The van der Waals surface area contributed by atoms with Crippen molar-refractivity contribution in [3.05, 3.63) is 64.7 Å². The number of rotatable bonds is 6. The van der Waals surface area contributed by atoms with Gasteiger partial charge in [-0.15, -0.1) is 0 Å². The molecule has 2 N–H and O–H groups in total. The molecule has 1 unspecified atom stereocenters. The number of amidine groups is 1. The van der Waals surface area contributed by atoms with E-state index in [2.05, 4.69) is 10.3 Å². The maximum atomic E-state index is 13.1. The number of amides is 2. The third kappa shape index (κ3) is 5.50. The molecule has 40 heavy (non-hydrogen) atoms. The molecule has 13 heteroatoms. The van der Waals surface area contributed by atoms with Crippen LogP contribution in [0, 0.1) is 6.92 Å². The number of hydrogen-bond acceptors (Lipinski definition) is 6. The number of hydrogen-bond donors (Lipinski definition) is 2. The fourth-order valence-corrected chi connectivity index (χ4v) is 6.88. The van der Waals surface area contributed by atoms with Crippen LogP contribution in [0.1, 0.15) is 41.5 Å². The Kier molecular flexibility index (Phi) is 7.26. The highest BCUT2D eigenvalue weighted by Gasteiger charge is 2.47. The van der Waals surface area contributed by atoms with Gasteiger partial charge in [-0.3, -0.25) is 14.6 Å². The van der Waals surface area contributed by atoms with Crippen LogP contribution in [0.4, 0.5) is 18.9 Å². The molecular formula is C27H29F3N4O5S. The van der Waals surface area contributed by atoms with Crippen molar-refractivity contribution in [3.63, 3.8) is 0 Å². The van der Waals surface area contributed by atoms with Crippen LogP contribution in [0.5, 0.6) is 0 Å². The van der Waals surface area contributed by atoms with Gasteiger partial charge in [0, 0.05) is 24.3 Å². The van der Waals surface area contributed by atoms with Gasteiger partial charge in [0.2, 0.25) is 15.9 Å². The van der Waals surface area contributed by atoms with Crippen LogP contribution in [-0.2, 0) is 32.2 Å². The van der Waals surface area contributed by atoms with Crippen molar-refractivity contribution in [2.75, 3.05) is 30.3 Å². The van der Waals surface area contributed by atoms with Gasteiger partial charge in [-0.2, -0.15) is 13.2 Å². The van der Waals surface area contributed by atoms with Crippen molar-refractivity contribution in [1.29, 1.82) is 0 Å². The summed E-state index contributed by atoms with van der Waals surface area (Å²) in [6, 6.07) is 9.90. The first-order chi connectivity index (χ1) is 18.8. The van der Waals surface area contributed by atoms with E-state index in [1.807, 2.05) is 6.92 Å². The van der Waals surface area contributed by atoms with E-state index in [1.54, 1.807) is 18.2 Å². The summed E-state index contributed by atoms with van der Waals surface area (Å²) >= 11 is 0. The minimum atomic E-state index is -4.53. The Morgan fingerprint density at radius 3 is 2.48 bits per heavy atom. The van der Waals surface area contributed by atoms with E-state index in [1.165, 1.54) is 21.3 Å². The summed E-state index contributed by atoms with van der Waals surface area (Å²) in [7, 11) is -3.66. The minimum Gasteiger partial charge on any atom is -0.391 e. The topological polar surface area (TPSA) is 119 Å². The zero-order valence-corrected chi connectivity index (χ0v) is 22.6. The monoisotopic (exact) mass is 578 g/mol. The molecule has 0 saturated carbocycles. The van der Waals surface area contributed by atoms with Crippen molar-refractivity contribution in [1.82, 2.24) is 9.62 Å². The number of aliphatic hydroxyl groups excluding tert-OH is 1. The summed E-state index contributed by atoms with van der Waals surface area (Å²) in [5.74, 6) is -0.701. The summed E-state index contributed by atoms with van der Waals surface area (Å²) in [5.41, 5.74) is 0.380. The van der Waals surface area contributed by atoms with Gasteiger partial charge in [0.1, 0.15) is 11.4 Å². The predicted molar refractivity (Wildman–Crippen MR) is 141 cm³/mol. The molecule has 3 heterocycles. The van der Waals surface area contributed by atoms with Gasteiger partial charge in [0.25, 0.3) is 5.91 Å². The van der Waals surface area contributed by atoms with Crippen LogP contribution in [0.15, 0.2) is 47.5 Å². The fraction of sp³-hybridized carbons (Fsp3) is 0.444. The van der Waals surface area contributed by atoms with E-state index in [-0.39, 0.29) is 68.4 Å². The highest BCUT2D eigenvalue weighted by Crippen LogP contribution is 2.34. The van der Waals surface area contributed by atoms with Crippen molar-refractivity contribution < 1.29 is 36.3 Å². The molecule has 1 spiro atoms. The maximum Gasteiger partial charge on any atom is 0.416 e. The molecule has 2 saturated heterocycles. The molecule has 2 aromatic carbocycles. The fourth-order valence-electron chi connectivity index (χ4n) is 5.40. The number of carbonyl (C=O) groups excluding carboxylic acids is 2. The van der Waals surface area contributed by atoms with Gasteiger partial charge in [-0.1, -0.05) is 18.2 Å². The first-order valence-electron chi connectivity index (χ1n) is 12.9. The Hall–Kier alpha value is -3.29. The zero-order valence-electron chi connectivity index (χ0n) is 21.7. The molecule has 5 rings (SSSR count). The predicted octanol–water partition coefficient (Wildman–Crippen LogP) is 2.39. The van der Waals surface area contributed by atoms with Gasteiger partial charge in [0.05, 0.1) is 30.4 Å². The van der Waals surface area contributed by atoms with Crippen molar-refractivity contribution >= 4 is 33.4 Å². The summed E-state index contributed by atoms with van der Waals surface area (Å²) in [5, 5.41) is 12.3. The van der Waals surface area contributed by atoms with Crippen LogP contribution in [0.2, 0.25) is 0 Å². The summed E-state index contributed by atoms with van der Waals surface area (Å²) in [6.45, 7) is 2.19. The van der Waals surface area contributed by atoms with Crippen LogP contribution in [0.25, 0.3) is 0 Å². The summed E-state index contributed by atoms with van der Waals surface area (Å²) < 4.78 is 67.0. The number of nitrogens with zero attached hydrogens (tertiary/aromatic N) is 3. The number of halogens is 3. The second-order valence-electron chi connectivity index (χ2n) is 10.5. The summed E-state index contributed by atoms with van der Waals surface area (Å²) in [4.78, 5) is 30.9. The van der Waals surface area contributed by atoms with Gasteiger partial charge < -0.3 is 15.3 Å². The first kappa shape index (κ1) is 28.2. The Balaban J connectivity index is 1.22. The molecule has 2 fully saturated rings. The van der Waals surface area contributed by atoms with Crippen LogP contribution in [-0.4, -0.2) is 72.5 Å². The van der Waals surface area contributed by atoms with Crippen LogP contribution >= 0.6 is 0 Å². The molecule has 2 aromatic rings. The molecule has 3 aliphatic heterocycles. The van der Waals surface area contributed by atoms with Crippen molar-refractivity contribution in [3.8, 4) is 0 Å². The molecule has 0 aromatic heterocycles. The van der Waals surface area contributed by atoms with E-state index < -0.39 is 39.3 Å². The van der Waals surface area contributed by atoms with Crippen molar-refractivity contribution in [2.45, 2.75) is 50.4 Å². The third-order valence-electron chi connectivity index (χ3n) is 7.76. The van der Waals surface area contributed by atoms with Gasteiger partial charge in [-0.25, -0.2) is 12.7 Å². The normalized spacial score (nSPS) is 21.7. The number of carbonyl (C=O) groups is 2. The minimum absolute atomic E-state index is 0.0523. The molecule has 2 amide bonds. The largest absolute Gasteiger partial charge is 0.416 e. The number of alkyl halides is 3. The highest BCUT2D eigenvalue weighted by molar-refractivity contribution is 7.89. The second kappa shape index (κ2) is 10.3. The standard InChI is InChI=1S/C27H29F3N4O5S/c1-17-13-21(34-16-22(35)15-23(34)36)6-5-18(17)7-12-40(38,39)33-10-8-26(9-11-33)25(37)31-24(32-26)19-3-2-4-20(14-19)27(28,29)30/h2-6,13-14,22,35H,7-12,15-16H2,1H3,(H,31,32,37). The number of aliphatic hydroxyl groups is 1. The number of piperidine rings is 1. The zero-order chi connectivity index (χ0) is 28.9. The molecule has 0 bridgehead atoms. The molecule has 1 atom stereocenters. The highest BCUT2D eigenvalue weighted by atomic mass is 32.2.